The molecule has 3 rings (SSSR count). The van der Waals surface area contributed by atoms with E-state index in [0.717, 1.165) is 11.4 Å². The number of nitrogens with zero attached hydrogens (tertiary/aromatic N) is 3. The van der Waals surface area contributed by atoms with Crippen molar-refractivity contribution in [3.05, 3.63) is 34.3 Å². The SMILES string of the molecule is CC(C)Cc1nnc(NC(=O)[C@H]2CCCN2S(=O)(=O)c2ccc(Cl)cc2)s1. The average molecular weight is 429 g/mol. The van der Waals surface area contributed by atoms with Crippen LogP contribution in [0.3, 0.4) is 0 Å². The van der Waals surface area contributed by atoms with E-state index in [2.05, 4.69) is 29.4 Å². The van der Waals surface area contributed by atoms with Gasteiger partial charge in [0, 0.05) is 18.0 Å². The topological polar surface area (TPSA) is 92.3 Å². The van der Waals surface area contributed by atoms with E-state index in [1.807, 2.05) is 0 Å². The number of anilines is 1. The van der Waals surface area contributed by atoms with Crippen LogP contribution in [-0.4, -0.2) is 41.4 Å². The Labute approximate surface area is 167 Å². The summed E-state index contributed by atoms with van der Waals surface area (Å²) in [7, 11) is -3.77. The second-order valence-corrected chi connectivity index (χ2v) is 10.2. The molecule has 0 bridgehead atoms. The summed E-state index contributed by atoms with van der Waals surface area (Å²) in [6.07, 6.45) is 1.88. The minimum Gasteiger partial charge on any atom is -0.299 e. The van der Waals surface area contributed by atoms with E-state index in [0.29, 0.717) is 35.5 Å². The minimum absolute atomic E-state index is 0.127. The van der Waals surface area contributed by atoms with Crippen LogP contribution < -0.4 is 5.32 Å². The van der Waals surface area contributed by atoms with Crippen molar-refractivity contribution in [2.45, 2.75) is 44.0 Å². The van der Waals surface area contributed by atoms with Crippen molar-refractivity contribution in [1.29, 1.82) is 0 Å². The Hall–Kier alpha value is -1.55. The molecule has 2 aromatic rings. The molecule has 2 heterocycles. The molecule has 0 saturated carbocycles. The first kappa shape index (κ1) is 20.2. The van der Waals surface area contributed by atoms with Gasteiger partial charge in [-0.3, -0.25) is 10.1 Å². The first-order valence-electron chi connectivity index (χ1n) is 8.68. The first-order valence-corrected chi connectivity index (χ1v) is 11.3. The molecule has 0 spiro atoms. The van der Waals surface area contributed by atoms with Gasteiger partial charge in [0.1, 0.15) is 11.0 Å². The summed E-state index contributed by atoms with van der Waals surface area (Å²) in [6.45, 7) is 4.47. The molecule has 1 N–H and O–H groups in total. The van der Waals surface area contributed by atoms with Gasteiger partial charge >= 0.3 is 0 Å². The van der Waals surface area contributed by atoms with Gasteiger partial charge in [0.2, 0.25) is 21.1 Å². The largest absolute Gasteiger partial charge is 0.299 e. The van der Waals surface area contributed by atoms with E-state index >= 15 is 0 Å². The second kappa shape index (κ2) is 8.22. The van der Waals surface area contributed by atoms with Crippen LogP contribution in [0.1, 0.15) is 31.7 Å². The maximum Gasteiger partial charge on any atom is 0.244 e. The van der Waals surface area contributed by atoms with Gasteiger partial charge in [0.15, 0.2) is 0 Å². The normalized spacial score (nSPS) is 18.1. The molecule has 1 aromatic carbocycles. The monoisotopic (exact) mass is 428 g/mol. The molecule has 7 nitrogen and oxygen atoms in total. The lowest BCUT2D eigenvalue weighted by Gasteiger charge is -2.23. The number of carbonyl (C=O) groups excluding carboxylic acids is 1. The molecule has 1 amide bonds. The van der Waals surface area contributed by atoms with Crippen molar-refractivity contribution in [2.75, 3.05) is 11.9 Å². The molecule has 1 aromatic heterocycles. The average Bonchev–Trinajstić information content (AvgIpc) is 3.24. The molecule has 10 heteroatoms. The van der Waals surface area contributed by atoms with E-state index in [1.54, 1.807) is 0 Å². The molecule has 27 heavy (non-hydrogen) atoms. The molecule has 1 aliphatic rings. The molecule has 1 atom stereocenters. The lowest BCUT2D eigenvalue weighted by Crippen LogP contribution is -2.43. The van der Waals surface area contributed by atoms with Gasteiger partial charge in [-0.1, -0.05) is 36.8 Å². The first-order chi connectivity index (χ1) is 12.8. The Balaban J connectivity index is 1.74. The van der Waals surface area contributed by atoms with Gasteiger partial charge in [-0.05, 0) is 43.0 Å². The smallest absolute Gasteiger partial charge is 0.244 e. The summed E-state index contributed by atoms with van der Waals surface area (Å²) >= 11 is 7.16. The van der Waals surface area contributed by atoms with Crippen molar-refractivity contribution in [2.24, 2.45) is 5.92 Å². The lowest BCUT2D eigenvalue weighted by atomic mass is 10.1. The maximum atomic E-state index is 12.9. The number of halogens is 1. The minimum atomic E-state index is -3.77. The second-order valence-electron chi connectivity index (χ2n) is 6.82. The van der Waals surface area contributed by atoms with Crippen molar-refractivity contribution in [1.82, 2.24) is 14.5 Å². The number of amides is 1. The molecular formula is C17H21ClN4O3S2. The number of nitrogens with one attached hydrogen (secondary N) is 1. The van der Waals surface area contributed by atoms with Crippen LogP contribution in [0.2, 0.25) is 5.02 Å². The number of carbonyl (C=O) groups is 1. The van der Waals surface area contributed by atoms with Gasteiger partial charge in [-0.2, -0.15) is 4.31 Å². The molecule has 1 fully saturated rings. The standard InChI is InChI=1S/C17H21ClN4O3S2/c1-11(2)10-15-20-21-17(26-15)19-16(23)14-4-3-9-22(14)27(24,25)13-7-5-12(18)6-8-13/h5-8,11,14H,3-4,9-10H2,1-2H3,(H,19,21,23)/t14-/m1/s1. The summed E-state index contributed by atoms with van der Waals surface area (Å²) < 4.78 is 27.1. The highest BCUT2D eigenvalue weighted by Crippen LogP contribution is 2.28. The van der Waals surface area contributed by atoms with Gasteiger partial charge in [-0.15, -0.1) is 10.2 Å². The predicted octanol–water partition coefficient (Wildman–Crippen LogP) is 3.18. The third-order valence-corrected chi connectivity index (χ3v) is 7.24. The zero-order valence-corrected chi connectivity index (χ0v) is 17.4. The molecule has 1 saturated heterocycles. The van der Waals surface area contributed by atoms with Crippen molar-refractivity contribution < 1.29 is 13.2 Å². The highest BCUT2D eigenvalue weighted by Gasteiger charge is 2.39. The van der Waals surface area contributed by atoms with Crippen LogP contribution in [-0.2, 0) is 21.2 Å². The van der Waals surface area contributed by atoms with Gasteiger partial charge in [0.25, 0.3) is 0 Å². The predicted molar refractivity (Wildman–Crippen MR) is 105 cm³/mol. The summed E-state index contributed by atoms with van der Waals surface area (Å²) in [5.74, 6) is 0.0635. The van der Waals surface area contributed by atoms with Gasteiger partial charge in [-0.25, -0.2) is 8.42 Å². The van der Waals surface area contributed by atoms with Crippen molar-refractivity contribution in [3.63, 3.8) is 0 Å². The van der Waals surface area contributed by atoms with Crippen molar-refractivity contribution >= 4 is 44.0 Å². The molecule has 0 unspecified atom stereocenters. The number of hydrogen-bond donors (Lipinski definition) is 1. The Kier molecular flexibility index (Phi) is 6.15. The highest BCUT2D eigenvalue weighted by molar-refractivity contribution is 7.89. The number of aromatic nitrogens is 2. The number of hydrogen-bond acceptors (Lipinski definition) is 6. The fraction of sp³-hybridized carbons (Fsp3) is 0.471. The Morgan fingerprint density at radius 3 is 2.70 bits per heavy atom. The summed E-state index contributed by atoms with van der Waals surface area (Å²) in [6, 6.07) is 5.19. The van der Waals surface area contributed by atoms with Crippen LogP contribution in [0, 0.1) is 5.92 Å². The molecule has 0 radical (unpaired) electrons. The lowest BCUT2D eigenvalue weighted by molar-refractivity contribution is -0.119. The van der Waals surface area contributed by atoms with Crippen LogP contribution in [0.4, 0.5) is 5.13 Å². The summed E-state index contributed by atoms with van der Waals surface area (Å²) in [4.78, 5) is 12.8. The molecule has 146 valence electrons. The fourth-order valence-corrected chi connectivity index (χ4v) is 5.69. The van der Waals surface area contributed by atoms with Gasteiger partial charge in [0.05, 0.1) is 4.90 Å². The third kappa shape index (κ3) is 4.66. The van der Waals surface area contributed by atoms with Gasteiger partial charge < -0.3 is 0 Å². The zero-order chi connectivity index (χ0) is 19.6. The number of benzene rings is 1. The quantitative estimate of drug-likeness (QED) is 0.762. The van der Waals surface area contributed by atoms with E-state index in [1.165, 1.54) is 39.9 Å². The van der Waals surface area contributed by atoms with E-state index in [-0.39, 0.29) is 10.8 Å². The highest BCUT2D eigenvalue weighted by atomic mass is 35.5. The maximum absolute atomic E-state index is 12.9. The van der Waals surface area contributed by atoms with Crippen LogP contribution in [0.5, 0.6) is 0 Å². The zero-order valence-electron chi connectivity index (χ0n) is 15.1. The van der Waals surface area contributed by atoms with E-state index < -0.39 is 16.1 Å². The molecular weight excluding hydrogens is 408 g/mol. The van der Waals surface area contributed by atoms with Crippen LogP contribution in [0.15, 0.2) is 29.2 Å². The number of rotatable bonds is 6. The van der Waals surface area contributed by atoms with Crippen LogP contribution >= 0.6 is 22.9 Å². The summed E-state index contributed by atoms with van der Waals surface area (Å²) in [5, 5.41) is 12.5. The number of sulfonamides is 1. The third-order valence-electron chi connectivity index (χ3n) is 4.21. The van der Waals surface area contributed by atoms with E-state index in [4.69, 9.17) is 11.6 Å². The fourth-order valence-electron chi connectivity index (χ4n) is 2.96. The Morgan fingerprint density at radius 1 is 1.33 bits per heavy atom. The van der Waals surface area contributed by atoms with Crippen molar-refractivity contribution in [3.8, 4) is 0 Å². The van der Waals surface area contributed by atoms with E-state index in [9.17, 15) is 13.2 Å². The Bertz CT molecular complexity index is 913. The van der Waals surface area contributed by atoms with Crippen LogP contribution in [0.25, 0.3) is 0 Å². The Morgan fingerprint density at radius 2 is 2.04 bits per heavy atom. The summed E-state index contributed by atoms with van der Waals surface area (Å²) in [5.41, 5.74) is 0. The molecule has 0 aliphatic carbocycles. The molecule has 1 aliphatic heterocycles.